The van der Waals surface area contributed by atoms with Crippen LogP contribution in [0.4, 0.5) is 0 Å². The topological polar surface area (TPSA) is 47.5 Å². The molecule has 0 fully saturated rings. The molecule has 1 unspecified atom stereocenters. The summed E-state index contributed by atoms with van der Waals surface area (Å²) in [4.78, 5) is 18.1. The van der Waals surface area contributed by atoms with Gasteiger partial charge in [0.05, 0.1) is 17.3 Å². The molecule has 27 heavy (non-hydrogen) atoms. The summed E-state index contributed by atoms with van der Waals surface area (Å²) in [5.74, 6) is 0. The number of benzene rings is 2. The Labute approximate surface area is 162 Å². The molecule has 0 bridgehead atoms. The van der Waals surface area contributed by atoms with Crippen molar-refractivity contribution in [1.29, 1.82) is 0 Å². The molecule has 2 aromatic carbocycles. The summed E-state index contributed by atoms with van der Waals surface area (Å²) in [6, 6.07) is 16.3. The molecule has 0 spiro atoms. The predicted molar refractivity (Wildman–Crippen MR) is 110 cm³/mol. The fourth-order valence-electron chi connectivity index (χ4n) is 3.38. The van der Waals surface area contributed by atoms with Crippen LogP contribution < -0.4 is 10.5 Å². The number of fused-ring (bicyclic) bond motifs is 2. The predicted octanol–water partition coefficient (Wildman–Crippen LogP) is 3.74. The van der Waals surface area contributed by atoms with Crippen molar-refractivity contribution in [1.82, 2.24) is 4.98 Å². The second kappa shape index (κ2) is 7.25. The minimum Gasteiger partial charge on any atom is -0.423 e. The molecule has 1 N–H and O–H groups in total. The maximum Gasteiger partial charge on any atom is 0.336 e. The molecule has 4 rings (SSSR count). The zero-order chi connectivity index (χ0) is 19.0. The zero-order valence-corrected chi connectivity index (χ0v) is 16.6. The lowest BCUT2D eigenvalue weighted by Gasteiger charge is -2.20. The number of aromatic nitrogens is 1. The van der Waals surface area contributed by atoms with Crippen molar-refractivity contribution in [2.45, 2.75) is 32.9 Å². The number of rotatable bonds is 5. The Morgan fingerprint density at radius 2 is 2.00 bits per heavy atom. The van der Waals surface area contributed by atoms with E-state index in [1.165, 1.54) is 15.2 Å². The molecular formula is C22H23N2O2S+. The summed E-state index contributed by atoms with van der Waals surface area (Å²) < 4.78 is 6.65. The van der Waals surface area contributed by atoms with Gasteiger partial charge in [0.25, 0.3) is 0 Å². The van der Waals surface area contributed by atoms with Gasteiger partial charge in [-0.2, -0.15) is 0 Å². The van der Waals surface area contributed by atoms with Crippen LogP contribution in [0.25, 0.3) is 21.2 Å². The van der Waals surface area contributed by atoms with Crippen molar-refractivity contribution in [2.75, 3.05) is 7.05 Å². The molecule has 0 saturated carbocycles. The number of nitrogens with zero attached hydrogens (tertiary/aromatic N) is 1. The fraction of sp³-hybridized carbons (Fsp3) is 0.273. The largest absolute Gasteiger partial charge is 0.423 e. The molecular weight excluding hydrogens is 356 g/mol. The van der Waals surface area contributed by atoms with Crippen LogP contribution in [0.2, 0.25) is 0 Å². The molecule has 0 amide bonds. The Morgan fingerprint density at radius 3 is 2.78 bits per heavy atom. The third kappa shape index (κ3) is 3.53. The van der Waals surface area contributed by atoms with Crippen LogP contribution >= 0.6 is 11.3 Å². The van der Waals surface area contributed by atoms with Gasteiger partial charge < -0.3 is 9.32 Å². The van der Waals surface area contributed by atoms with Crippen LogP contribution in [-0.2, 0) is 13.0 Å². The number of hydrogen-bond acceptors (Lipinski definition) is 4. The Hall–Kier alpha value is -2.50. The van der Waals surface area contributed by atoms with Crippen LogP contribution in [0.15, 0.2) is 57.7 Å². The van der Waals surface area contributed by atoms with Gasteiger partial charge >= 0.3 is 5.63 Å². The molecule has 4 nitrogen and oxygen atoms in total. The molecule has 2 aromatic heterocycles. The normalized spacial score (nSPS) is 13.9. The first kappa shape index (κ1) is 17.9. The number of aryl methyl sites for hydroxylation is 1. The summed E-state index contributed by atoms with van der Waals surface area (Å²) in [5.41, 5.74) is 3.64. The van der Waals surface area contributed by atoms with E-state index < -0.39 is 0 Å². The first-order valence-corrected chi connectivity index (χ1v) is 10.1. The highest BCUT2D eigenvalue weighted by molar-refractivity contribution is 7.18. The van der Waals surface area contributed by atoms with Gasteiger partial charge in [-0.3, -0.25) is 0 Å². The van der Waals surface area contributed by atoms with Crippen molar-refractivity contribution in [3.8, 4) is 0 Å². The van der Waals surface area contributed by atoms with Gasteiger partial charge in [0.2, 0.25) is 0 Å². The standard InChI is InChI=1S/C22H22N2O2S/c1-4-15-9-10-17-16(12-21(25)26-19(17)11-15)13-24(3)14(2)22-23-18-7-5-6-8-20(18)27-22/h5-12,14H,4,13H2,1-3H3/p+1/t14-/m0/s1. The van der Waals surface area contributed by atoms with Gasteiger partial charge in [0.1, 0.15) is 18.2 Å². The molecule has 0 aliphatic rings. The lowest BCUT2D eigenvalue weighted by molar-refractivity contribution is -0.923. The molecule has 2 heterocycles. The van der Waals surface area contributed by atoms with E-state index in [0.717, 1.165) is 34.4 Å². The lowest BCUT2D eigenvalue weighted by atomic mass is 10.1. The van der Waals surface area contributed by atoms with Gasteiger partial charge in [-0.25, -0.2) is 9.78 Å². The van der Waals surface area contributed by atoms with Crippen LogP contribution in [0, 0.1) is 0 Å². The van der Waals surface area contributed by atoms with Crippen molar-refractivity contribution in [3.05, 3.63) is 75.1 Å². The highest BCUT2D eigenvalue weighted by Gasteiger charge is 2.21. The van der Waals surface area contributed by atoms with Gasteiger partial charge in [0, 0.05) is 17.0 Å². The Balaban J connectivity index is 1.65. The SMILES string of the molecule is CCc1ccc2c(C[NH+](C)[C@@H](C)c3nc4ccccc4s3)cc(=O)oc2c1. The maximum absolute atomic E-state index is 12.1. The molecule has 0 radical (unpaired) electrons. The Kier molecular flexibility index (Phi) is 4.81. The lowest BCUT2D eigenvalue weighted by Crippen LogP contribution is -3.07. The number of nitrogens with one attached hydrogen (secondary N) is 1. The highest BCUT2D eigenvalue weighted by atomic mass is 32.1. The summed E-state index contributed by atoms with van der Waals surface area (Å²) >= 11 is 1.74. The number of thiazole rings is 1. The van der Waals surface area contributed by atoms with Crippen LogP contribution in [-0.4, -0.2) is 12.0 Å². The minimum absolute atomic E-state index is 0.236. The van der Waals surface area contributed by atoms with Crippen molar-refractivity contribution < 1.29 is 9.32 Å². The maximum atomic E-state index is 12.1. The van der Waals surface area contributed by atoms with E-state index in [-0.39, 0.29) is 11.7 Å². The summed E-state index contributed by atoms with van der Waals surface area (Å²) in [5, 5.41) is 2.14. The summed E-state index contributed by atoms with van der Waals surface area (Å²) in [6.45, 7) is 5.03. The quantitative estimate of drug-likeness (QED) is 0.538. The molecule has 138 valence electrons. The minimum atomic E-state index is -0.286. The summed E-state index contributed by atoms with van der Waals surface area (Å²) in [7, 11) is 2.15. The summed E-state index contributed by atoms with van der Waals surface area (Å²) in [6.07, 6.45) is 0.920. The van der Waals surface area contributed by atoms with Crippen molar-refractivity contribution >= 4 is 32.5 Å². The van der Waals surface area contributed by atoms with E-state index in [4.69, 9.17) is 9.40 Å². The smallest absolute Gasteiger partial charge is 0.336 e. The van der Waals surface area contributed by atoms with Crippen molar-refractivity contribution in [3.63, 3.8) is 0 Å². The van der Waals surface area contributed by atoms with Crippen LogP contribution in [0.5, 0.6) is 0 Å². The first-order valence-electron chi connectivity index (χ1n) is 9.28. The monoisotopic (exact) mass is 379 g/mol. The van der Waals surface area contributed by atoms with Crippen LogP contribution in [0.3, 0.4) is 0 Å². The van der Waals surface area contributed by atoms with E-state index >= 15 is 0 Å². The van der Waals surface area contributed by atoms with Crippen molar-refractivity contribution in [2.24, 2.45) is 0 Å². The average molecular weight is 380 g/mol. The van der Waals surface area contributed by atoms with Gasteiger partial charge in [-0.15, -0.1) is 11.3 Å². The number of hydrogen-bond donors (Lipinski definition) is 1. The molecule has 0 aliphatic heterocycles. The van der Waals surface area contributed by atoms with E-state index in [0.29, 0.717) is 5.58 Å². The Morgan fingerprint density at radius 1 is 1.19 bits per heavy atom. The highest BCUT2D eigenvalue weighted by Crippen LogP contribution is 2.25. The molecule has 0 saturated heterocycles. The number of quaternary nitrogens is 1. The molecule has 2 atom stereocenters. The van der Waals surface area contributed by atoms with Gasteiger partial charge in [-0.1, -0.05) is 31.2 Å². The first-order chi connectivity index (χ1) is 13.0. The van der Waals surface area contributed by atoms with E-state index in [9.17, 15) is 4.79 Å². The second-order valence-corrected chi connectivity index (χ2v) is 8.10. The van der Waals surface area contributed by atoms with E-state index in [2.05, 4.69) is 45.2 Å². The van der Waals surface area contributed by atoms with E-state index in [1.807, 2.05) is 18.2 Å². The van der Waals surface area contributed by atoms with Gasteiger partial charge in [-0.05, 0) is 37.1 Å². The molecule has 5 heteroatoms. The van der Waals surface area contributed by atoms with Crippen LogP contribution in [0.1, 0.15) is 36.0 Å². The molecule has 4 aromatic rings. The molecule has 0 aliphatic carbocycles. The van der Waals surface area contributed by atoms with Gasteiger partial charge in [0.15, 0.2) is 5.01 Å². The Bertz CT molecular complexity index is 1130. The third-order valence-corrected chi connectivity index (χ3v) is 6.41. The van der Waals surface area contributed by atoms with E-state index in [1.54, 1.807) is 17.4 Å². The fourth-order valence-corrected chi connectivity index (χ4v) is 4.49. The average Bonchev–Trinajstić information content (AvgIpc) is 3.10. The second-order valence-electron chi connectivity index (χ2n) is 7.04. The third-order valence-electron chi connectivity index (χ3n) is 5.19. The zero-order valence-electron chi connectivity index (χ0n) is 15.8. The number of para-hydroxylation sites is 1.